The number of benzene rings is 1. The van der Waals surface area contributed by atoms with E-state index in [1.165, 1.54) is 0 Å². The first-order valence-electron chi connectivity index (χ1n) is 5.31. The van der Waals surface area contributed by atoms with Gasteiger partial charge in [-0.25, -0.2) is 0 Å². The highest BCUT2D eigenvalue weighted by molar-refractivity contribution is 7.98. The van der Waals surface area contributed by atoms with Crippen molar-refractivity contribution in [3.05, 3.63) is 23.8 Å². The van der Waals surface area contributed by atoms with Gasteiger partial charge in [0.1, 0.15) is 0 Å². The van der Waals surface area contributed by atoms with Crippen molar-refractivity contribution >= 4 is 11.8 Å². The Kier molecular flexibility index (Phi) is 6.11. The molecule has 0 spiro atoms. The SMILES string of the molecule is COc1cccc(CN)c1OCCCSC. The normalized spacial score (nSPS) is 10.2. The molecule has 0 aliphatic carbocycles. The van der Waals surface area contributed by atoms with E-state index in [1.807, 2.05) is 30.0 Å². The maximum absolute atomic E-state index is 5.73. The van der Waals surface area contributed by atoms with E-state index < -0.39 is 0 Å². The third-order valence-corrected chi connectivity index (χ3v) is 2.94. The van der Waals surface area contributed by atoms with Crippen LogP contribution in [0, 0.1) is 0 Å². The average molecular weight is 241 g/mol. The summed E-state index contributed by atoms with van der Waals surface area (Å²) in [6.45, 7) is 1.17. The Labute approximate surface area is 101 Å². The van der Waals surface area contributed by atoms with Gasteiger partial charge >= 0.3 is 0 Å². The molecule has 2 N–H and O–H groups in total. The van der Waals surface area contributed by atoms with Crippen molar-refractivity contribution in [1.82, 2.24) is 0 Å². The Bertz CT molecular complexity index is 296. The van der Waals surface area contributed by atoms with Crippen molar-refractivity contribution in [1.29, 1.82) is 0 Å². The van der Waals surface area contributed by atoms with Gasteiger partial charge in [-0.2, -0.15) is 11.8 Å². The summed E-state index contributed by atoms with van der Waals surface area (Å²) in [6.07, 6.45) is 3.12. The molecule has 3 nitrogen and oxygen atoms in total. The summed E-state index contributed by atoms with van der Waals surface area (Å²) in [4.78, 5) is 0. The lowest BCUT2D eigenvalue weighted by Gasteiger charge is -2.13. The van der Waals surface area contributed by atoms with Crippen LogP contribution in [0.1, 0.15) is 12.0 Å². The second kappa shape index (κ2) is 7.41. The summed E-state index contributed by atoms with van der Waals surface area (Å²) in [5, 5.41) is 0. The summed E-state index contributed by atoms with van der Waals surface area (Å²) >= 11 is 1.82. The largest absolute Gasteiger partial charge is 0.493 e. The average Bonchev–Trinajstić information content (AvgIpc) is 2.34. The number of para-hydroxylation sites is 1. The molecule has 4 heteroatoms. The molecule has 0 unspecified atom stereocenters. The lowest BCUT2D eigenvalue weighted by atomic mass is 10.2. The minimum absolute atomic E-state index is 0.467. The zero-order chi connectivity index (χ0) is 11.8. The lowest BCUT2D eigenvalue weighted by molar-refractivity contribution is 0.292. The zero-order valence-electron chi connectivity index (χ0n) is 9.86. The molecule has 1 aromatic rings. The highest BCUT2D eigenvalue weighted by atomic mass is 32.2. The van der Waals surface area contributed by atoms with Gasteiger partial charge < -0.3 is 15.2 Å². The molecule has 90 valence electrons. The van der Waals surface area contributed by atoms with E-state index in [2.05, 4.69) is 6.26 Å². The van der Waals surface area contributed by atoms with Crippen molar-refractivity contribution in [3.63, 3.8) is 0 Å². The van der Waals surface area contributed by atoms with Crippen LogP contribution in [0.3, 0.4) is 0 Å². The first kappa shape index (κ1) is 13.2. The monoisotopic (exact) mass is 241 g/mol. The fourth-order valence-electron chi connectivity index (χ4n) is 1.42. The van der Waals surface area contributed by atoms with E-state index in [9.17, 15) is 0 Å². The number of thioether (sulfide) groups is 1. The molecule has 0 saturated heterocycles. The maximum Gasteiger partial charge on any atom is 0.165 e. The maximum atomic E-state index is 5.73. The molecule has 1 rings (SSSR count). The van der Waals surface area contributed by atoms with Crippen LogP contribution >= 0.6 is 11.8 Å². The van der Waals surface area contributed by atoms with Crippen molar-refractivity contribution in [2.24, 2.45) is 5.73 Å². The van der Waals surface area contributed by atoms with E-state index in [4.69, 9.17) is 15.2 Å². The summed E-state index contributed by atoms with van der Waals surface area (Å²) in [5.41, 5.74) is 6.65. The van der Waals surface area contributed by atoms with Gasteiger partial charge in [-0.1, -0.05) is 12.1 Å². The van der Waals surface area contributed by atoms with Crippen molar-refractivity contribution in [3.8, 4) is 11.5 Å². The van der Waals surface area contributed by atoms with Crippen LogP contribution in [-0.4, -0.2) is 25.7 Å². The number of methoxy groups -OCH3 is 1. The fourth-order valence-corrected chi connectivity index (χ4v) is 1.83. The van der Waals surface area contributed by atoms with Crippen LogP contribution < -0.4 is 15.2 Å². The fraction of sp³-hybridized carbons (Fsp3) is 0.500. The molecule has 0 heterocycles. The van der Waals surface area contributed by atoms with E-state index in [0.717, 1.165) is 29.2 Å². The van der Waals surface area contributed by atoms with Crippen LogP contribution in [0.2, 0.25) is 0 Å². The molecule has 16 heavy (non-hydrogen) atoms. The highest BCUT2D eigenvalue weighted by Gasteiger charge is 2.08. The molecule has 0 saturated carbocycles. The minimum atomic E-state index is 0.467. The molecular weight excluding hydrogens is 222 g/mol. The Morgan fingerprint density at radius 3 is 2.81 bits per heavy atom. The molecule has 0 radical (unpaired) electrons. The molecule has 0 aromatic heterocycles. The van der Waals surface area contributed by atoms with Crippen LogP contribution in [0.25, 0.3) is 0 Å². The molecule has 0 fully saturated rings. The topological polar surface area (TPSA) is 44.5 Å². The van der Waals surface area contributed by atoms with E-state index in [-0.39, 0.29) is 0 Å². The molecule has 1 aromatic carbocycles. The van der Waals surface area contributed by atoms with Gasteiger partial charge in [-0.3, -0.25) is 0 Å². The van der Waals surface area contributed by atoms with Crippen LogP contribution in [-0.2, 0) is 6.54 Å². The predicted molar refractivity (Wildman–Crippen MR) is 69.4 cm³/mol. The number of rotatable bonds is 7. The van der Waals surface area contributed by atoms with E-state index in [0.29, 0.717) is 13.2 Å². The second-order valence-electron chi connectivity index (χ2n) is 3.35. The summed E-state index contributed by atoms with van der Waals surface area (Å²) < 4.78 is 11.0. The first-order chi connectivity index (χ1) is 7.83. The Hall–Kier alpha value is -0.870. The molecular formula is C12H19NO2S. The minimum Gasteiger partial charge on any atom is -0.493 e. The number of ether oxygens (including phenoxy) is 2. The third-order valence-electron chi connectivity index (χ3n) is 2.24. The molecule has 0 atom stereocenters. The van der Waals surface area contributed by atoms with Gasteiger partial charge in [0, 0.05) is 12.1 Å². The third kappa shape index (κ3) is 3.61. The number of nitrogens with two attached hydrogens (primary N) is 1. The van der Waals surface area contributed by atoms with Gasteiger partial charge in [0.25, 0.3) is 0 Å². The summed E-state index contributed by atoms with van der Waals surface area (Å²) in [6, 6.07) is 5.78. The van der Waals surface area contributed by atoms with Gasteiger partial charge in [0.2, 0.25) is 0 Å². The standard InChI is InChI=1S/C12H19NO2S/c1-14-11-6-3-5-10(9-13)12(11)15-7-4-8-16-2/h3,5-6H,4,7-9,13H2,1-2H3. The quantitative estimate of drug-likeness (QED) is 0.744. The molecule has 0 bridgehead atoms. The van der Waals surface area contributed by atoms with Crippen LogP contribution in [0.4, 0.5) is 0 Å². The van der Waals surface area contributed by atoms with Gasteiger partial charge in [-0.05, 0) is 24.5 Å². The highest BCUT2D eigenvalue weighted by Crippen LogP contribution is 2.30. The smallest absolute Gasteiger partial charge is 0.165 e. The Balaban J connectivity index is 2.67. The van der Waals surface area contributed by atoms with Crippen molar-refractivity contribution in [2.75, 3.05) is 25.7 Å². The molecule has 0 amide bonds. The van der Waals surface area contributed by atoms with Crippen molar-refractivity contribution < 1.29 is 9.47 Å². The number of hydrogen-bond acceptors (Lipinski definition) is 4. The first-order valence-corrected chi connectivity index (χ1v) is 6.70. The zero-order valence-corrected chi connectivity index (χ0v) is 10.7. The van der Waals surface area contributed by atoms with Gasteiger partial charge in [0.15, 0.2) is 11.5 Å². The molecule has 0 aliphatic heterocycles. The summed E-state index contributed by atoms with van der Waals surface area (Å²) in [5.74, 6) is 2.65. The van der Waals surface area contributed by atoms with Gasteiger partial charge in [0.05, 0.1) is 13.7 Å². The summed E-state index contributed by atoms with van der Waals surface area (Å²) in [7, 11) is 1.64. The number of hydrogen-bond donors (Lipinski definition) is 1. The van der Waals surface area contributed by atoms with Crippen LogP contribution in [0.5, 0.6) is 11.5 Å². The van der Waals surface area contributed by atoms with Crippen LogP contribution in [0.15, 0.2) is 18.2 Å². The lowest BCUT2D eigenvalue weighted by Crippen LogP contribution is -2.06. The second-order valence-corrected chi connectivity index (χ2v) is 4.33. The Morgan fingerprint density at radius 1 is 1.38 bits per heavy atom. The van der Waals surface area contributed by atoms with E-state index >= 15 is 0 Å². The van der Waals surface area contributed by atoms with Gasteiger partial charge in [-0.15, -0.1) is 0 Å². The Morgan fingerprint density at radius 2 is 2.19 bits per heavy atom. The van der Waals surface area contributed by atoms with E-state index in [1.54, 1.807) is 7.11 Å². The predicted octanol–water partition coefficient (Wildman–Crippen LogP) is 2.29. The molecule has 0 aliphatic rings. The van der Waals surface area contributed by atoms with Crippen molar-refractivity contribution in [2.45, 2.75) is 13.0 Å².